The van der Waals surface area contributed by atoms with E-state index in [1.165, 1.54) is 0 Å². The average molecular weight is 305 g/mol. The Labute approximate surface area is 121 Å². The summed E-state index contributed by atoms with van der Waals surface area (Å²) in [5.41, 5.74) is 4.68. The van der Waals surface area contributed by atoms with Crippen molar-refractivity contribution in [3.05, 3.63) is 29.6 Å². The third-order valence-corrected chi connectivity index (χ3v) is 3.87. The van der Waals surface area contributed by atoms with Crippen LogP contribution in [0.2, 0.25) is 0 Å². The molecule has 0 aliphatic heterocycles. The van der Waals surface area contributed by atoms with E-state index in [0.717, 1.165) is 50.7 Å². The van der Waals surface area contributed by atoms with E-state index in [1.807, 2.05) is 0 Å². The van der Waals surface area contributed by atoms with Crippen LogP contribution in [-0.2, 0) is 6.18 Å². The van der Waals surface area contributed by atoms with Crippen LogP contribution in [0.3, 0.4) is 0 Å². The third-order valence-electron chi connectivity index (χ3n) is 3.87. The first-order valence-electron chi connectivity index (χ1n) is 7.09. The quantitative estimate of drug-likeness (QED) is 0.668. The molecule has 0 aromatic heterocycles. The Bertz CT molecular complexity index is 479. The van der Waals surface area contributed by atoms with Crippen LogP contribution in [-0.4, -0.2) is 12.1 Å². The van der Waals surface area contributed by atoms with Crippen molar-refractivity contribution in [1.82, 2.24) is 0 Å². The number of nitrogens with two attached hydrogens (primary N) is 1. The standard InChI is InChI=1S/C15H19F4NO/c16-12-9-11(15(17,18)19)5-6-13(12)21-10-14(20)7-3-1-2-4-8-14/h5-6,9H,1-4,7-8,10,20H2. The molecule has 21 heavy (non-hydrogen) atoms. The maximum atomic E-state index is 13.7. The van der Waals surface area contributed by atoms with Crippen molar-refractivity contribution < 1.29 is 22.3 Å². The lowest BCUT2D eigenvalue weighted by molar-refractivity contribution is -0.137. The minimum absolute atomic E-state index is 0.120. The molecule has 6 heteroatoms. The summed E-state index contributed by atoms with van der Waals surface area (Å²) in [6, 6.07) is 2.28. The minimum Gasteiger partial charge on any atom is -0.489 e. The van der Waals surface area contributed by atoms with Crippen LogP contribution in [0.4, 0.5) is 17.6 Å². The van der Waals surface area contributed by atoms with Gasteiger partial charge in [0.15, 0.2) is 11.6 Å². The number of benzene rings is 1. The molecule has 118 valence electrons. The fraction of sp³-hybridized carbons (Fsp3) is 0.600. The number of hydrogen-bond acceptors (Lipinski definition) is 2. The van der Waals surface area contributed by atoms with Gasteiger partial charge in [0.2, 0.25) is 0 Å². The Morgan fingerprint density at radius 2 is 1.71 bits per heavy atom. The van der Waals surface area contributed by atoms with Crippen molar-refractivity contribution in [2.45, 2.75) is 50.2 Å². The zero-order valence-electron chi connectivity index (χ0n) is 11.7. The van der Waals surface area contributed by atoms with Crippen LogP contribution in [0.5, 0.6) is 5.75 Å². The molecule has 0 spiro atoms. The first kappa shape index (κ1) is 16.1. The van der Waals surface area contributed by atoms with Gasteiger partial charge in [-0.3, -0.25) is 0 Å². The maximum Gasteiger partial charge on any atom is 0.416 e. The molecule has 0 amide bonds. The van der Waals surface area contributed by atoms with Crippen molar-refractivity contribution in [2.24, 2.45) is 5.73 Å². The summed E-state index contributed by atoms with van der Waals surface area (Å²) in [7, 11) is 0. The lowest BCUT2D eigenvalue weighted by Gasteiger charge is -2.28. The molecule has 0 bridgehead atoms. The van der Waals surface area contributed by atoms with Crippen LogP contribution < -0.4 is 10.5 Å². The predicted octanol–water partition coefficient (Wildman–Crippen LogP) is 4.28. The number of rotatable bonds is 3. The molecule has 2 rings (SSSR count). The Balaban J connectivity index is 2.03. The molecule has 1 fully saturated rings. The zero-order chi connectivity index (χ0) is 15.5. The number of hydrogen-bond donors (Lipinski definition) is 1. The van der Waals surface area contributed by atoms with E-state index in [9.17, 15) is 17.6 Å². The molecule has 0 atom stereocenters. The molecular weight excluding hydrogens is 286 g/mol. The number of ether oxygens (including phenoxy) is 1. The Morgan fingerprint density at radius 3 is 2.24 bits per heavy atom. The highest BCUT2D eigenvalue weighted by Crippen LogP contribution is 2.32. The third kappa shape index (κ3) is 4.33. The van der Waals surface area contributed by atoms with Gasteiger partial charge in [0.1, 0.15) is 6.61 Å². The predicted molar refractivity (Wildman–Crippen MR) is 71.5 cm³/mol. The van der Waals surface area contributed by atoms with Crippen LogP contribution in [0.25, 0.3) is 0 Å². The fourth-order valence-corrected chi connectivity index (χ4v) is 2.59. The smallest absolute Gasteiger partial charge is 0.416 e. The summed E-state index contributed by atoms with van der Waals surface area (Å²) in [5.74, 6) is -1.20. The lowest BCUT2D eigenvalue weighted by atomic mass is 9.92. The molecule has 1 aliphatic rings. The van der Waals surface area contributed by atoms with Crippen LogP contribution in [0.1, 0.15) is 44.1 Å². The summed E-state index contributed by atoms with van der Waals surface area (Å²) in [6.07, 6.45) is 1.24. The zero-order valence-corrected chi connectivity index (χ0v) is 11.7. The largest absolute Gasteiger partial charge is 0.489 e. The topological polar surface area (TPSA) is 35.2 Å². The van der Waals surface area contributed by atoms with Gasteiger partial charge >= 0.3 is 6.18 Å². The summed E-state index contributed by atoms with van der Waals surface area (Å²) in [4.78, 5) is 0. The monoisotopic (exact) mass is 305 g/mol. The fourth-order valence-electron chi connectivity index (χ4n) is 2.59. The van der Waals surface area contributed by atoms with Gasteiger partial charge in [-0.2, -0.15) is 13.2 Å². The van der Waals surface area contributed by atoms with Crippen molar-refractivity contribution in [3.63, 3.8) is 0 Å². The minimum atomic E-state index is -4.56. The molecule has 1 aromatic carbocycles. The highest BCUT2D eigenvalue weighted by atomic mass is 19.4. The lowest BCUT2D eigenvalue weighted by Crippen LogP contribution is -2.45. The number of halogens is 4. The van der Waals surface area contributed by atoms with Crippen molar-refractivity contribution in [1.29, 1.82) is 0 Å². The van der Waals surface area contributed by atoms with E-state index in [4.69, 9.17) is 10.5 Å². The molecule has 2 nitrogen and oxygen atoms in total. The first-order chi connectivity index (χ1) is 9.80. The normalized spacial score (nSPS) is 19.1. The molecule has 0 unspecified atom stereocenters. The number of alkyl halides is 3. The van der Waals surface area contributed by atoms with Gasteiger partial charge < -0.3 is 10.5 Å². The SMILES string of the molecule is NC1(COc2ccc(C(F)(F)F)cc2F)CCCCCC1. The highest BCUT2D eigenvalue weighted by molar-refractivity contribution is 5.31. The second kappa shape index (κ2) is 6.22. The highest BCUT2D eigenvalue weighted by Gasteiger charge is 2.32. The Morgan fingerprint density at radius 1 is 1.10 bits per heavy atom. The summed E-state index contributed by atoms with van der Waals surface area (Å²) in [6.45, 7) is 0.120. The molecule has 0 heterocycles. The van der Waals surface area contributed by atoms with Gasteiger partial charge in [-0.05, 0) is 31.0 Å². The van der Waals surface area contributed by atoms with Gasteiger partial charge in [0.05, 0.1) is 11.1 Å². The summed E-state index contributed by atoms with van der Waals surface area (Å²) >= 11 is 0. The summed E-state index contributed by atoms with van der Waals surface area (Å²) in [5, 5.41) is 0. The molecule has 1 saturated carbocycles. The van der Waals surface area contributed by atoms with Gasteiger partial charge in [-0.15, -0.1) is 0 Å². The molecule has 0 saturated heterocycles. The molecule has 1 aromatic rings. The van der Waals surface area contributed by atoms with E-state index in [0.29, 0.717) is 6.07 Å². The molecule has 0 radical (unpaired) electrons. The maximum absolute atomic E-state index is 13.7. The van der Waals surface area contributed by atoms with E-state index in [-0.39, 0.29) is 12.4 Å². The second-order valence-electron chi connectivity index (χ2n) is 5.71. The van der Waals surface area contributed by atoms with E-state index >= 15 is 0 Å². The van der Waals surface area contributed by atoms with Gasteiger partial charge in [-0.25, -0.2) is 4.39 Å². The van der Waals surface area contributed by atoms with Gasteiger partial charge in [0.25, 0.3) is 0 Å². The average Bonchev–Trinajstić information content (AvgIpc) is 2.61. The van der Waals surface area contributed by atoms with Crippen molar-refractivity contribution in [2.75, 3.05) is 6.61 Å². The van der Waals surface area contributed by atoms with E-state index < -0.39 is 23.1 Å². The Kier molecular flexibility index (Phi) is 4.76. The first-order valence-corrected chi connectivity index (χ1v) is 7.09. The molecule has 2 N–H and O–H groups in total. The van der Waals surface area contributed by atoms with Gasteiger partial charge in [0, 0.05) is 0 Å². The van der Waals surface area contributed by atoms with E-state index in [1.54, 1.807) is 0 Å². The van der Waals surface area contributed by atoms with Crippen LogP contribution in [0, 0.1) is 5.82 Å². The van der Waals surface area contributed by atoms with Crippen molar-refractivity contribution >= 4 is 0 Å². The van der Waals surface area contributed by atoms with Crippen LogP contribution in [0.15, 0.2) is 18.2 Å². The Hall–Kier alpha value is -1.30. The van der Waals surface area contributed by atoms with Crippen molar-refractivity contribution in [3.8, 4) is 5.75 Å². The van der Waals surface area contributed by atoms with Crippen LogP contribution >= 0.6 is 0 Å². The van der Waals surface area contributed by atoms with E-state index in [2.05, 4.69) is 0 Å². The summed E-state index contributed by atoms with van der Waals surface area (Å²) < 4.78 is 56.4. The second-order valence-corrected chi connectivity index (χ2v) is 5.71. The molecular formula is C15H19F4NO. The molecule has 1 aliphatic carbocycles. The van der Waals surface area contributed by atoms with Gasteiger partial charge in [-0.1, -0.05) is 25.7 Å².